The highest BCUT2D eigenvalue weighted by Gasteiger charge is 2.63. The van der Waals surface area contributed by atoms with E-state index in [1.54, 1.807) is 6.07 Å². The zero-order valence-corrected chi connectivity index (χ0v) is 20.6. The fourth-order valence-corrected chi connectivity index (χ4v) is 6.40. The molecule has 5 rings (SSSR count). The van der Waals surface area contributed by atoms with Crippen LogP contribution in [0.3, 0.4) is 0 Å². The zero-order chi connectivity index (χ0) is 26.8. The highest BCUT2D eigenvalue weighted by atomic mass is 16.3. The second-order valence-corrected chi connectivity index (χ2v) is 10.7. The molecule has 5 atom stereocenters. The molecule has 194 valence electrons. The van der Waals surface area contributed by atoms with E-state index in [4.69, 9.17) is 5.73 Å². The molecule has 2 unspecified atom stereocenters. The van der Waals surface area contributed by atoms with E-state index in [0.717, 1.165) is 23.2 Å². The molecular formula is C28H30N2O7. The van der Waals surface area contributed by atoms with Crippen molar-refractivity contribution in [3.05, 3.63) is 58.7 Å². The third-order valence-electron chi connectivity index (χ3n) is 8.00. The van der Waals surface area contributed by atoms with Crippen LogP contribution in [0.5, 0.6) is 5.75 Å². The van der Waals surface area contributed by atoms with E-state index in [2.05, 4.69) is 0 Å². The molecule has 0 aromatic heterocycles. The number of aliphatic hydroxyl groups excluding tert-OH is 2. The molecule has 2 aromatic carbocycles. The topological polar surface area (TPSA) is 161 Å². The van der Waals surface area contributed by atoms with Crippen molar-refractivity contribution in [2.24, 2.45) is 23.5 Å². The molecule has 0 heterocycles. The summed E-state index contributed by atoms with van der Waals surface area (Å²) in [6.07, 6.45) is -1.15. The largest absolute Gasteiger partial charge is 0.507 e. The molecule has 9 nitrogen and oxygen atoms in total. The van der Waals surface area contributed by atoms with Crippen LogP contribution < -0.4 is 5.73 Å². The Labute approximate surface area is 213 Å². The molecule has 0 spiro atoms. The second kappa shape index (κ2) is 8.79. The average molecular weight is 507 g/mol. The summed E-state index contributed by atoms with van der Waals surface area (Å²) in [5.41, 5.74) is 6.07. The van der Waals surface area contributed by atoms with E-state index in [1.807, 2.05) is 43.3 Å². The number of fused-ring (bicyclic) bond motifs is 3. The lowest BCUT2D eigenvalue weighted by Crippen LogP contribution is -2.66. The predicted octanol–water partition coefficient (Wildman–Crippen LogP) is 1.32. The van der Waals surface area contributed by atoms with Crippen molar-refractivity contribution in [3.63, 3.8) is 0 Å². The molecule has 6 N–H and O–H groups in total. The molecule has 3 aliphatic carbocycles. The quantitative estimate of drug-likeness (QED) is 0.388. The molecule has 2 saturated carbocycles. The normalized spacial score (nSPS) is 29.1. The summed E-state index contributed by atoms with van der Waals surface area (Å²) < 4.78 is 0. The van der Waals surface area contributed by atoms with Crippen LogP contribution >= 0.6 is 0 Å². The van der Waals surface area contributed by atoms with Gasteiger partial charge in [0, 0.05) is 18.0 Å². The van der Waals surface area contributed by atoms with E-state index in [1.165, 1.54) is 6.07 Å². The van der Waals surface area contributed by atoms with Crippen LogP contribution in [0.4, 0.5) is 0 Å². The zero-order valence-electron chi connectivity index (χ0n) is 20.6. The number of amides is 1. The van der Waals surface area contributed by atoms with Crippen molar-refractivity contribution in [2.45, 2.75) is 37.5 Å². The number of aliphatic hydroxyl groups is 3. The first-order chi connectivity index (χ1) is 17.4. The number of benzene rings is 2. The minimum atomic E-state index is -2.58. The van der Waals surface area contributed by atoms with Crippen LogP contribution in [0, 0.1) is 17.8 Å². The lowest BCUT2D eigenvalue weighted by molar-refractivity contribution is -0.174. The van der Waals surface area contributed by atoms with Crippen molar-refractivity contribution in [1.29, 1.82) is 0 Å². The molecule has 0 radical (unpaired) electrons. The molecule has 2 aromatic rings. The molecule has 2 fully saturated rings. The van der Waals surface area contributed by atoms with Crippen LogP contribution in [-0.4, -0.2) is 68.6 Å². The number of primary amides is 1. The SMILES string of the molecule is CN(C)Cc1cccc(-c2ccc(O)c3c2C[C@H]2C[C@H]4CC(O)C(C(N)=O)C(=O)[C@@]4(O)C(=O)C2=C3O)c1. The Kier molecular flexibility index (Phi) is 5.97. The van der Waals surface area contributed by atoms with Crippen molar-refractivity contribution in [3.8, 4) is 16.9 Å². The number of aromatic hydroxyl groups is 1. The van der Waals surface area contributed by atoms with Gasteiger partial charge in [-0.05, 0) is 73.7 Å². The average Bonchev–Trinajstić information content (AvgIpc) is 2.81. The number of carbonyl (C=O) groups is 3. The Bertz CT molecular complexity index is 1360. The molecule has 0 aliphatic heterocycles. The van der Waals surface area contributed by atoms with Gasteiger partial charge in [0.25, 0.3) is 0 Å². The number of nitrogens with zero attached hydrogens (tertiary/aromatic N) is 1. The van der Waals surface area contributed by atoms with E-state index in [-0.39, 0.29) is 36.1 Å². The Hall–Kier alpha value is -3.53. The number of phenols is 1. The summed E-state index contributed by atoms with van der Waals surface area (Å²) in [4.78, 5) is 40.6. The lowest BCUT2D eigenvalue weighted by Gasteiger charge is -2.48. The maximum atomic E-state index is 13.6. The fourth-order valence-electron chi connectivity index (χ4n) is 6.40. The minimum absolute atomic E-state index is 0.0897. The standard InChI is InChI=1S/C28H30N2O7/c1-30(2)12-13-4-3-5-14(8-13)17-6-7-19(31)22-18(17)10-15-9-16-11-20(32)23(27(29)36)26(35)28(16,37)25(34)21(15)24(22)33/h3-8,15-16,20,23,31-33,37H,9-12H2,1-2H3,(H2,29,36)/t15-,16+,20?,23?,28+/m1/s1. The van der Waals surface area contributed by atoms with Gasteiger partial charge in [-0.2, -0.15) is 0 Å². The second-order valence-electron chi connectivity index (χ2n) is 10.7. The van der Waals surface area contributed by atoms with Crippen molar-refractivity contribution >= 4 is 23.2 Å². The minimum Gasteiger partial charge on any atom is -0.507 e. The molecule has 9 heteroatoms. The number of hydrogen-bond acceptors (Lipinski definition) is 8. The van der Waals surface area contributed by atoms with Gasteiger partial charge in [0.2, 0.25) is 11.7 Å². The van der Waals surface area contributed by atoms with E-state index >= 15 is 0 Å². The number of carbonyl (C=O) groups excluding carboxylic acids is 3. The first kappa shape index (κ1) is 25.1. The summed E-state index contributed by atoms with van der Waals surface area (Å²) in [5, 5.41) is 43.8. The number of nitrogens with two attached hydrogens (primary N) is 1. The molecule has 1 amide bonds. The smallest absolute Gasteiger partial charge is 0.230 e. The van der Waals surface area contributed by atoms with E-state index < -0.39 is 52.7 Å². The van der Waals surface area contributed by atoms with Crippen LogP contribution in [0.25, 0.3) is 16.9 Å². The van der Waals surface area contributed by atoms with Gasteiger partial charge in [0.1, 0.15) is 17.4 Å². The first-order valence-electron chi connectivity index (χ1n) is 12.3. The van der Waals surface area contributed by atoms with Crippen molar-refractivity contribution in [2.75, 3.05) is 14.1 Å². The number of ketones is 2. The Balaban J connectivity index is 1.63. The molecule has 37 heavy (non-hydrogen) atoms. The van der Waals surface area contributed by atoms with E-state index in [0.29, 0.717) is 5.56 Å². The van der Waals surface area contributed by atoms with Gasteiger partial charge in [-0.3, -0.25) is 14.4 Å². The third-order valence-corrected chi connectivity index (χ3v) is 8.00. The Morgan fingerprint density at radius 1 is 1.14 bits per heavy atom. The van der Waals surface area contributed by atoms with Crippen LogP contribution in [-0.2, 0) is 27.3 Å². The van der Waals surface area contributed by atoms with Gasteiger partial charge in [-0.15, -0.1) is 0 Å². The molecular weight excluding hydrogens is 476 g/mol. The Morgan fingerprint density at radius 2 is 1.86 bits per heavy atom. The molecule has 3 aliphatic rings. The number of Topliss-reactive ketones (excluding diaryl/α,β-unsaturated/α-hetero) is 2. The maximum absolute atomic E-state index is 13.6. The van der Waals surface area contributed by atoms with Gasteiger partial charge in [0.15, 0.2) is 11.4 Å². The van der Waals surface area contributed by atoms with Crippen molar-refractivity contribution in [1.82, 2.24) is 4.90 Å². The highest BCUT2D eigenvalue weighted by molar-refractivity contribution is 6.24. The highest BCUT2D eigenvalue weighted by Crippen LogP contribution is 2.52. The van der Waals surface area contributed by atoms with Gasteiger partial charge < -0.3 is 31.1 Å². The maximum Gasteiger partial charge on any atom is 0.230 e. The predicted molar refractivity (Wildman–Crippen MR) is 134 cm³/mol. The number of hydrogen-bond donors (Lipinski definition) is 5. The first-order valence-corrected chi connectivity index (χ1v) is 12.3. The van der Waals surface area contributed by atoms with Crippen LogP contribution in [0.15, 0.2) is 42.0 Å². The summed E-state index contributed by atoms with van der Waals surface area (Å²) in [7, 11) is 3.94. The number of rotatable bonds is 4. The summed E-state index contributed by atoms with van der Waals surface area (Å²) in [6.45, 7) is 0.726. The molecule has 0 saturated heterocycles. The van der Waals surface area contributed by atoms with Gasteiger partial charge in [-0.1, -0.05) is 24.3 Å². The van der Waals surface area contributed by atoms with Crippen molar-refractivity contribution < 1.29 is 34.8 Å². The van der Waals surface area contributed by atoms with E-state index in [9.17, 15) is 34.8 Å². The summed E-state index contributed by atoms with van der Waals surface area (Å²) in [5.74, 6) is -7.19. The Morgan fingerprint density at radius 3 is 2.54 bits per heavy atom. The van der Waals surface area contributed by atoms with Gasteiger partial charge in [-0.25, -0.2) is 0 Å². The fraction of sp³-hybridized carbons (Fsp3) is 0.393. The molecule has 0 bridgehead atoms. The van der Waals surface area contributed by atoms with Gasteiger partial charge in [0.05, 0.1) is 11.7 Å². The lowest BCUT2D eigenvalue weighted by atomic mass is 9.56. The van der Waals surface area contributed by atoms with Crippen LogP contribution in [0.2, 0.25) is 0 Å². The third kappa shape index (κ3) is 3.77. The van der Waals surface area contributed by atoms with Crippen LogP contribution in [0.1, 0.15) is 29.5 Å². The summed E-state index contributed by atoms with van der Waals surface area (Å²) >= 11 is 0. The van der Waals surface area contributed by atoms with Gasteiger partial charge >= 0.3 is 0 Å². The monoisotopic (exact) mass is 506 g/mol. The summed E-state index contributed by atoms with van der Waals surface area (Å²) in [6, 6.07) is 11.1. The number of phenolic OH excluding ortho intramolecular Hbond substituents is 1.